The maximum Gasteiger partial charge on any atom is 0.253 e. The van der Waals surface area contributed by atoms with E-state index < -0.39 is 10.0 Å². The highest BCUT2D eigenvalue weighted by Crippen LogP contribution is 2.23. The van der Waals surface area contributed by atoms with Crippen molar-refractivity contribution in [3.8, 4) is 0 Å². The molecule has 0 spiro atoms. The Kier molecular flexibility index (Phi) is 7.45. The van der Waals surface area contributed by atoms with Gasteiger partial charge < -0.3 is 4.90 Å². The average molecular weight is 484 g/mol. The molecule has 3 aromatic rings. The highest BCUT2D eigenvalue weighted by Gasteiger charge is 2.28. The smallest absolute Gasteiger partial charge is 0.253 e. The predicted octanol–water partition coefficient (Wildman–Crippen LogP) is 3.82. The van der Waals surface area contributed by atoms with Gasteiger partial charge in [-0.25, -0.2) is 13.1 Å². The molecule has 1 aliphatic rings. The van der Waals surface area contributed by atoms with Gasteiger partial charge in [-0.2, -0.15) is 0 Å². The van der Waals surface area contributed by atoms with Crippen molar-refractivity contribution in [3.05, 3.63) is 101 Å². The Hall–Kier alpha value is -2.71. The summed E-state index contributed by atoms with van der Waals surface area (Å²) in [4.78, 5) is 17.1. The molecular weight excluding hydrogens is 458 g/mol. The Labute approximate surface area is 199 Å². The summed E-state index contributed by atoms with van der Waals surface area (Å²) in [7, 11) is -3.68. The van der Waals surface area contributed by atoms with Crippen molar-refractivity contribution in [3.63, 3.8) is 0 Å². The maximum absolute atomic E-state index is 12.8. The van der Waals surface area contributed by atoms with Gasteiger partial charge in [0.15, 0.2) is 0 Å². The van der Waals surface area contributed by atoms with Crippen LogP contribution in [-0.2, 0) is 10.0 Å². The minimum Gasteiger partial charge on any atom is -0.336 e. The topological polar surface area (TPSA) is 69.7 Å². The van der Waals surface area contributed by atoms with Crippen LogP contribution in [0.3, 0.4) is 0 Å². The number of nitrogens with zero attached hydrogens (tertiary/aromatic N) is 2. The number of rotatable bonds is 7. The average Bonchev–Trinajstić information content (AvgIpc) is 2.85. The van der Waals surface area contributed by atoms with Crippen LogP contribution in [0.15, 0.2) is 89.8 Å². The van der Waals surface area contributed by atoms with E-state index >= 15 is 0 Å². The lowest BCUT2D eigenvalue weighted by molar-refractivity contribution is 0.0571. The van der Waals surface area contributed by atoms with Gasteiger partial charge in [-0.3, -0.25) is 9.69 Å². The number of piperazine rings is 1. The number of halogens is 1. The van der Waals surface area contributed by atoms with Gasteiger partial charge in [-0.1, -0.05) is 60.1 Å². The van der Waals surface area contributed by atoms with E-state index in [1.54, 1.807) is 12.1 Å². The quantitative estimate of drug-likeness (QED) is 0.554. The van der Waals surface area contributed by atoms with Crippen molar-refractivity contribution >= 4 is 27.5 Å². The lowest BCUT2D eigenvalue weighted by Gasteiger charge is -2.39. The molecule has 1 atom stereocenters. The third kappa shape index (κ3) is 5.81. The van der Waals surface area contributed by atoms with Crippen LogP contribution in [-0.4, -0.2) is 56.8 Å². The lowest BCUT2D eigenvalue weighted by atomic mass is 10.0. The molecule has 0 bridgehead atoms. The molecular formula is C25H26ClN3O3S. The second kappa shape index (κ2) is 10.5. The normalized spacial score (nSPS) is 15.8. The van der Waals surface area contributed by atoms with Crippen molar-refractivity contribution < 1.29 is 13.2 Å². The molecule has 1 heterocycles. The number of amides is 1. The Balaban J connectivity index is 1.46. The first kappa shape index (κ1) is 23.4. The molecule has 1 amide bonds. The molecule has 1 fully saturated rings. The summed E-state index contributed by atoms with van der Waals surface area (Å²) in [6.07, 6.45) is 0. The fourth-order valence-electron chi connectivity index (χ4n) is 4.02. The molecule has 0 aromatic heterocycles. The molecule has 4 rings (SSSR count). The van der Waals surface area contributed by atoms with Crippen LogP contribution >= 0.6 is 11.6 Å². The molecule has 1 saturated heterocycles. The van der Waals surface area contributed by atoms with Crippen LogP contribution < -0.4 is 4.72 Å². The number of nitrogens with one attached hydrogen (secondary N) is 1. The monoisotopic (exact) mass is 483 g/mol. The van der Waals surface area contributed by atoms with Gasteiger partial charge in [0, 0.05) is 49.4 Å². The summed E-state index contributed by atoms with van der Waals surface area (Å²) in [5.41, 5.74) is 1.71. The molecule has 0 aliphatic carbocycles. The molecule has 1 unspecified atom stereocenters. The molecule has 1 N–H and O–H groups in total. The molecule has 0 saturated carbocycles. The number of carbonyl (C=O) groups excluding carboxylic acids is 1. The molecule has 172 valence electrons. The number of hydrogen-bond donors (Lipinski definition) is 1. The zero-order valence-electron chi connectivity index (χ0n) is 18.1. The second-order valence-corrected chi connectivity index (χ2v) is 10.1. The summed E-state index contributed by atoms with van der Waals surface area (Å²) in [6, 6.07) is 25.1. The first-order valence-electron chi connectivity index (χ1n) is 10.8. The minimum atomic E-state index is -3.68. The Morgan fingerprint density at radius 1 is 0.848 bits per heavy atom. The summed E-state index contributed by atoms with van der Waals surface area (Å²) in [5.74, 6) is 0.0231. The number of sulfonamides is 1. The van der Waals surface area contributed by atoms with Crippen molar-refractivity contribution in [2.24, 2.45) is 0 Å². The van der Waals surface area contributed by atoms with Gasteiger partial charge in [0.25, 0.3) is 5.91 Å². The van der Waals surface area contributed by atoms with Gasteiger partial charge in [0.2, 0.25) is 10.0 Å². The van der Waals surface area contributed by atoms with Gasteiger partial charge >= 0.3 is 0 Å². The van der Waals surface area contributed by atoms with E-state index in [-0.39, 0.29) is 23.4 Å². The minimum absolute atomic E-state index is 0.0231. The first-order valence-corrected chi connectivity index (χ1v) is 12.7. The molecule has 1 aliphatic heterocycles. The van der Waals surface area contributed by atoms with Gasteiger partial charge in [0.1, 0.15) is 0 Å². The van der Waals surface area contributed by atoms with Crippen molar-refractivity contribution in [2.45, 2.75) is 10.9 Å². The Bertz CT molecular complexity index is 1160. The molecule has 8 heteroatoms. The maximum atomic E-state index is 12.8. The third-order valence-corrected chi connectivity index (χ3v) is 7.53. The number of carbonyl (C=O) groups is 1. The first-order chi connectivity index (χ1) is 15.9. The number of hydrogen-bond acceptors (Lipinski definition) is 4. The van der Waals surface area contributed by atoms with Crippen molar-refractivity contribution in [2.75, 3.05) is 32.7 Å². The van der Waals surface area contributed by atoms with E-state index in [0.717, 1.165) is 5.56 Å². The van der Waals surface area contributed by atoms with E-state index in [4.69, 9.17) is 11.6 Å². The standard InChI is InChI=1S/C25H26ClN3O3S/c26-22-11-13-23(14-12-22)33(31,32)27-19-24(20-7-3-1-4-8-20)28-15-17-29(18-16-28)25(30)21-9-5-2-6-10-21/h1-14,24,27H,15-19H2. The number of benzene rings is 3. The Morgan fingerprint density at radius 2 is 1.42 bits per heavy atom. The summed E-state index contributed by atoms with van der Waals surface area (Å²) in [5, 5.41) is 0.485. The third-order valence-electron chi connectivity index (χ3n) is 5.84. The SMILES string of the molecule is O=C(c1ccccc1)N1CCN(C(CNS(=O)(=O)c2ccc(Cl)cc2)c2ccccc2)CC1. The highest BCUT2D eigenvalue weighted by molar-refractivity contribution is 7.89. The van der Waals surface area contributed by atoms with E-state index in [1.807, 2.05) is 65.6 Å². The lowest BCUT2D eigenvalue weighted by Crippen LogP contribution is -2.51. The van der Waals surface area contributed by atoms with Crippen LogP contribution in [0.25, 0.3) is 0 Å². The molecule has 0 radical (unpaired) electrons. The van der Waals surface area contributed by atoms with Gasteiger partial charge in [-0.05, 0) is 42.0 Å². The fourth-order valence-corrected chi connectivity index (χ4v) is 5.18. The summed E-state index contributed by atoms with van der Waals surface area (Å²) >= 11 is 5.89. The highest BCUT2D eigenvalue weighted by atomic mass is 35.5. The summed E-state index contributed by atoms with van der Waals surface area (Å²) < 4.78 is 28.4. The fraction of sp³-hybridized carbons (Fsp3) is 0.240. The van der Waals surface area contributed by atoms with E-state index in [9.17, 15) is 13.2 Å². The van der Waals surface area contributed by atoms with Crippen LogP contribution in [0.4, 0.5) is 0 Å². The largest absolute Gasteiger partial charge is 0.336 e. The predicted molar refractivity (Wildman–Crippen MR) is 130 cm³/mol. The zero-order valence-corrected chi connectivity index (χ0v) is 19.7. The van der Waals surface area contributed by atoms with Gasteiger partial charge in [0.05, 0.1) is 4.90 Å². The molecule has 6 nitrogen and oxygen atoms in total. The van der Waals surface area contributed by atoms with Crippen LogP contribution in [0.2, 0.25) is 5.02 Å². The zero-order chi connectivity index (χ0) is 23.3. The molecule has 33 heavy (non-hydrogen) atoms. The van der Waals surface area contributed by atoms with Crippen molar-refractivity contribution in [1.29, 1.82) is 0 Å². The van der Waals surface area contributed by atoms with Crippen LogP contribution in [0.5, 0.6) is 0 Å². The van der Waals surface area contributed by atoms with Crippen LogP contribution in [0.1, 0.15) is 22.0 Å². The van der Waals surface area contributed by atoms with E-state index in [0.29, 0.717) is 36.8 Å². The summed E-state index contributed by atoms with van der Waals surface area (Å²) in [6.45, 7) is 2.70. The van der Waals surface area contributed by atoms with Crippen molar-refractivity contribution in [1.82, 2.24) is 14.5 Å². The van der Waals surface area contributed by atoms with E-state index in [1.165, 1.54) is 12.1 Å². The molecule has 3 aromatic carbocycles. The second-order valence-electron chi connectivity index (χ2n) is 7.93. The Morgan fingerprint density at radius 3 is 2.03 bits per heavy atom. The van der Waals surface area contributed by atoms with Crippen LogP contribution in [0, 0.1) is 0 Å². The van der Waals surface area contributed by atoms with E-state index in [2.05, 4.69) is 9.62 Å². The van der Waals surface area contributed by atoms with Gasteiger partial charge in [-0.15, -0.1) is 0 Å².